The van der Waals surface area contributed by atoms with Gasteiger partial charge in [-0.05, 0) is 48.7 Å². The molecule has 0 unspecified atom stereocenters. The molecule has 6 nitrogen and oxygen atoms in total. The number of halogens is 1. The van der Waals surface area contributed by atoms with E-state index in [1.807, 2.05) is 19.9 Å². The van der Waals surface area contributed by atoms with Gasteiger partial charge in [0.25, 0.3) is 11.8 Å². The molecule has 2 rings (SSSR count). The molecule has 0 saturated heterocycles. The van der Waals surface area contributed by atoms with Crippen molar-refractivity contribution >= 4 is 33.4 Å². The van der Waals surface area contributed by atoms with Gasteiger partial charge in [-0.25, -0.2) is 0 Å². The Kier molecular flexibility index (Phi) is 9.15. The Morgan fingerprint density at radius 3 is 2.62 bits per heavy atom. The molecule has 0 aliphatic carbocycles. The normalized spacial score (nSPS) is 10.7. The summed E-state index contributed by atoms with van der Waals surface area (Å²) in [6.07, 6.45) is 0.737. The minimum Gasteiger partial charge on any atom is -0.492 e. The number of carbonyl (C=O) groups is 2. The molecule has 0 atom stereocenters. The molecule has 0 saturated carbocycles. The van der Waals surface area contributed by atoms with Crippen LogP contribution in [-0.2, 0) is 4.74 Å². The van der Waals surface area contributed by atoms with Gasteiger partial charge in [-0.15, -0.1) is 0 Å². The molecule has 29 heavy (non-hydrogen) atoms. The Morgan fingerprint density at radius 1 is 1.10 bits per heavy atom. The lowest BCUT2D eigenvalue weighted by molar-refractivity contribution is 0.0947. The molecular weight excluding hydrogens is 436 g/mol. The second-order valence-electron chi connectivity index (χ2n) is 6.98. The first kappa shape index (κ1) is 22.9. The van der Waals surface area contributed by atoms with Gasteiger partial charge in [0.05, 0.1) is 12.2 Å². The average Bonchev–Trinajstić information content (AvgIpc) is 2.70. The van der Waals surface area contributed by atoms with Gasteiger partial charge in [-0.1, -0.05) is 35.8 Å². The molecule has 0 heterocycles. The van der Waals surface area contributed by atoms with E-state index in [4.69, 9.17) is 9.47 Å². The predicted molar refractivity (Wildman–Crippen MR) is 118 cm³/mol. The third-order valence-electron chi connectivity index (χ3n) is 3.95. The lowest BCUT2D eigenvalue weighted by atomic mass is 10.1. The summed E-state index contributed by atoms with van der Waals surface area (Å²) in [5.74, 6) is 0.364. The van der Waals surface area contributed by atoms with Crippen molar-refractivity contribution in [1.29, 1.82) is 0 Å². The molecule has 156 valence electrons. The first-order chi connectivity index (χ1) is 13.9. The Labute approximate surface area is 180 Å². The maximum absolute atomic E-state index is 12.8. The number of hydrogen-bond acceptors (Lipinski definition) is 4. The zero-order chi connectivity index (χ0) is 21.2. The van der Waals surface area contributed by atoms with E-state index < -0.39 is 0 Å². The lowest BCUT2D eigenvalue weighted by Crippen LogP contribution is -2.25. The summed E-state index contributed by atoms with van der Waals surface area (Å²) in [5, 5.41) is 5.68. The standard InChI is InChI=1S/C22H27BrN2O4/c1-15(2)14-29-20-9-8-17(23)13-19(20)22(27)25-18-7-4-6-16(12-18)21(26)24-10-5-11-28-3/h4,6-9,12-13,15H,5,10-11,14H2,1-3H3,(H,24,26)(H,25,27). The largest absolute Gasteiger partial charge is 0.492 e. The van der Waals surface area contributed by atoms with E-state index in [-0.39, 0.29) is 11.8 Å². The Bertz CT molecular complexity index is 839. The van der Waals surface area contributed by atoms with Gasteiger partial charge < -0.3 is 20.1 Å². The molecule has 0 bridgehead atoms. The second kappa shape index (κ2) is 11.6. The number of anilines is 1. The van der Waals surface area contributed by atoms with Crippen LogP contribution < -0.4 is 15.4 Å². The van der Waals surface area contributed by atoms with Crippen LogP contribution in [0.15, 0.2) is 46.9 Å². The molecular formula is C22H27BrN2O4. The fourth-order valence-corrected chi connectivity index (χ4v) is 2.88. The summed E-state index contributed by atoms with van der Waals surface area (Å²) in [5.41, 5.74) is 1.44. The number of benzene rings is 2. The van der Waals surface area contributed by atoms with Crippen LogP contribution in [0.1, 0.15) is 41.0 Å². The van der Waals surface area contributed by atoms with Crippen molar-refractivity contribution in [1.82, 2.24) is 5.32 Å². The highest BCUT2D eigenvalue weighted by molar-refractivity contribution is 9.10. The van der Waals surface area contributed by atoms with Gasteiger partial charge in [0, 0.05) is 36.0 Å². The lowest BCUT2D eigenvalue weighted by Gasteiger charge is -2.14. The van der Waals surface area contributed by atoms with Crippen LogP contribution in [0, 0.1) is 5.92 Å². The van der Waals surface area contributed by atoms with Crippen LogP contribution in [0.3, 0.4) is 0 Å². The molecule has 2 aromatic rings. The van der Waals surface area contributed by atoms with Crippen molar-refractivity contribution in [2.75, 3.05) is 32.2 Å². The molecule has 0 aliphatic heterocycles. The minimum absolute atomic E-state index is 0.194. The number of rotatable bonds is 10. The molecule has 0 aromatic heterocycles. The molecule has 0 aliphatic rings. The van der Waals surface area contributed by atoms with Crippen molar-refractivity contribution in [3.63, 3.8) is 0 Å². The summed E-state index contributed by atoms with van der Waals surface area (Å²) in [4.78, 5) is 25.1. The van der Waals surface area contributed by atoms with Crippen molar-refractivity contribution in [3.05, 3.63) is 58.1 Å². The van der Waals surface area contributed by atoms with Crippen molar-refractivity contribution in [3.8, 4) is 5.75 Å². The Balaban J connectivity index is 2.09. The summed E-state index contributed by atoms with van der Waals surface area (Å²) in [6.45, 7) is 5.72. The third kappa shape index (κ3) is 7.51. The molecule has 2 amide bonds. The number of amides is 2. The van der Waals surface area contributed by atoms with Gasteiger partial charge in [-0.3, -0.25) is 9.59 Å². The van der Waals surface area contributed by atoms with Gasteiger partial charge in [0.15, 0.2) is 0 Å². The second-order valence-corrected chi connectivity index (χ2v) is 7.90. The monoisotopic (exact) mass is 462 g/mol. The van der Waals surface area contributed by atoms with Crippen molar-refractivity contribution < 1.29 is 19.1 Å². The van der Waals surface area contributed by atoms with Gasteiger partial charge in [0.1, 0.15) is 5.75 Å². The first-order valence-corrected chi connectivity index (χ1v) is 10.3. The van der Waals surface area contributed by atoms with E-state index in [9.17, 15) is 9.59 Å². The number of nitrogens with one attached hydrogen (secondary N) is 2. The fourth-order valence-electron chi connectivity index (χ4n) is 2.52. The third-order valence-corrected chi connectivity index (χ3v) is 4.45. The minimum atomic E-state index is -0.303. The highest BCUT2D eigenvalue weighted by atomic mass is 79.9. The van der Waals surface area contributed by atoms with Crippen LogP contribution in [0.2, 0.25) is 0 Å². The molecule has 7 heteroatoms. The predicted octanol–water partition coefficient (Wildman–Crippen LogP) is 4.50. The fraction of sp³-hybridized carbons (Fsp3) is 0.364. The van der Waals surface area contributed by atoms with E-state index in [0.29, 0.717) is 48.2 Å². The van der Waals surface area contributed by atoms with E-state index in [2.05, 4.69) is 26.6 Å². The quantitative estimate of drug-likeness (QED) is 0.509. The van der Waals surface area contributed by atoms with E-state index in [1.165, 1.54) is 0 Å². The maximum atomic E-state index is 12.8. The van der Waals surface area contributed by atoms with Crippen LogP contribution >= 0.6 is 15.9 Å². The topological polar surface area (TPSA) is 76.7 Å². The smallest absolute Gasteiger partial charge is 0.259 e. The Morgan fingerprint density at radius 2 is 1.90 bits per heavy atom. The van der Waals surface area contributed by atoms with Crippen LogP contribution in [0.5, 0.6) is 5.75 Å². The van der Waals surface area contributed by atoms with Gasteiger partial charge in [-0.2, -0.15) is 0 Å². The zero-order valence-electron chi connectivity index (χ0n) is 17.0. The number of hydrogen-bond donors (Lipinski definition) is 2. The summed E-state index contributed by atoms with van der Waals surface area (Å²) >= 11 is 3.40. The van der Waals surface area contributed by atoms with Crippen LogP contribution in [0.25, 0.3) is 0 Å². The van der Waals surface area contributed by atoms with Crippen LogP contribution in [0.4, 0.5) is 5.69 Å². The average molecular weight is 463 g/mol. The zero-order valence-corrected chi connectivity index (χ0v) is 18.5. The van der Waals surface area contributed by atoms with Crippen molar-refractivity contribution in [2.45, 2.75) is 20.3 Å². The van der Waals surface area contributed by atoms with E-state index in [1.54, 1.807) is 43.5 Å². The van der Waals surface area contributed by atoms with E-state index in [0.717, 1.165) is 10.9 Å². The molecule has 0 spiro atoms. The van der Waals surface area contributed by atoms with Gasteiger partial charge in [0.2, 0.25) is 0 Å². The highest BCUT2D eigenvalue weighted by Crippen LogP contribution is 2.25. The molecule has 0 fully saturated rings. The summed E-state index contributed by atoms with van der Waals surface area (Å²) < 4.78 is 11.5. The number of carbonyl (C=O) groups excluding carboxylic acids is 2. The van der Waals surface area contributed by atoms with E-state index >= 15 is 0 Å². The summed E-state index contributed by atoms with van der Waals surface area (Å²) in [7, 11) is 1.62. The van der Waals surface area contributed by atoms with Crippen LogP contribution in [-0.4, -0.2) is 38.7 Å². The maximum Gasteiger partial charge on any atom is 0.259 e. The first-order valence-electron chi connectivity index (χ1n) is 9.51. The highest BCUT2D eigenvalue weighted by Gasteiger charge is 2.15. The number of methoxy groups -OCH3 is 1. The van der Waals surface area contributed by atoms with Gasteiger partial charge >= 0.3 is 0 Å². The van der Waals surface area contributed by atoms with Crippen molar-refractivity contribution in [2.24, 2.45) is 5.92 Å². The number of ether oxygens (including phenoxy) is 2. The molecule has 2 N–H and O–H groups in total. The summed E-state index contributed by atoms with van der Waals surface area (Å²) in [6, 6.07) is 12.2. The molecule has 0 radical (unpaired) electrons. The molecule has 2 aromatic carbocycles. The SMILES string of the molecule is COCCCNC(=O)c1cccc(NC(=O)c2cc(Br)ccc2OCC(C)C)c1. The Hall–Kier alpha value is -2.38.